The summed E-state index contributed by atoms with van der Waals surface area (Å²) in [6.45, 7) is -0.00525. The first-order chi connectivity index (χ1) is 6.84. The zero-order chi connectivity index (χ0) is 11.6. The number of nitrogens with one attached hydrogen (secondary N) is 1. The van der Waals surface area contributed by atoms with E-state index in [0.29, 0.717) is 4.90 Å². The van der Waals surface area contributed by atoms with Crippen LogP contribution in [0, 0.1) is 0 Å². The largest absolute Gasteiger partial charge is 0.471 e. The number of halogens is 3. The predicted molar refractivity (Wildman–Crippen MR) is 43.6 cm³/mol. The van der Waals surface area contributed by atoms with E-state index in [0.717, 1.165) is 0 Å². The second-order valence-electron chi connectivity index (χ2n) is 3.12. The number of nitrogens with two attached hydrogens (primary N) is 1. The van der Waals surface area contributed by atoms with Crippen LogP contribution in [0.4, 0.5) is 13.2 Å². The molecule has 0 saturated carbocycles. The fraction of sp³-hybridized carbons (Fsp3) is 0.714. The molecule has 1 heterocycles. The molecule has 0 bridgehead atoms. The first-order valence-electron chi connectivity index (χ1n) is 4.22. The van der Waals surface area contributed by atoms with Crippen LogP contribution >= 0.6 is 0 Å². The first-order valence-corrected chi connectivity index (χ1v) is 4.22. The second kappa shape index (κ2) is 4.05. The van der Waals surface area contributed by atoms with Crippen molar-refractivity contribution in [2.24, 2.45) is 5.73 Å². The highest BCUT2D eigenvalue weighted by Crippen LogP contribution is 2.20. The van der Waals surface area contributed by atoms with E-state index in [-0.39, 0.29) is 19.6 Å². The Hall–Kier alpha value is -1.31. The molecular formula is C7H10F3N3O2. The quantitative estimate of drug-likeness (QED) is 0.590. The number of alkyl halides is 3. The molecule has 0 aromatic carbocycles. The summed E-state index contributed by atoms with van der Waals surface area (Å²) in [6.07, 6.45) is -4.97. The van der Waals surface area contributed by atoms with Crippen molar-refractivity contribution < 1.29 is 22.8 Å². The van der Waals surface area contributed by atoms with Gasteiger partial charge >= 0.3 is 12.1 Å². The lowest BCUT2D eigenvalue weighted by atomic mass is 10.2. The lowest BCUT2D eigenvalue weighted by Crippen LogP contribution is -2.61. The lowest BCUT2D eigenvalue weighted by Gasteiger charge is -2.34. The van der Waals surface area contributed by atoms with Gasteiger partial charge in [-0.2, -0.15) is 13.2 Å². The van der Waals surface area contributed by atoms with Crippen molar-refractivity contribution in [2.75, 3.05) is 19.6 Å². The highest BCUT2D eigenvalue weighted by molar-refractivity contribution is 5.89. The maximum atomic E-state index is 12.1. The van der Waals surface area contributed by atoms with E-state index in [1.54, 1.807) is 0 Å². The van der Waals surface area contributed by atoms with Crippen molar-refractivity contribution in [3.63, 3.8) is 0 Å². The van der Waals surface area contributed by atoms with Gasteiger partial charge in [-0.1, -0.05) is 0 Å². The Morgan fingerprint density at radius 1 is 1.40 bits per heavy atom. The zero-order valence-electron chi connectivity index (χ0n) is 7.67. The molecule has 0 radical (unpaired) electrons. The fourth-order valence-electron chi connectivity index (χ4n) is 1.36. The zero-order valence-corrected chi connectivity index (χ0v) is 7.67. The summed E-state index contributed by atoms with van der Waals surface area (Å²) < 4.78 is 36.3. The van der Waals surface area contributed by atoms with Gasteiger partial charge in [0.15, 0.2) is 0 Å². The Morgan fingerprint density at radius 2 is 2.00 bits per heavy atom. The summed E-state index contributed by atoms with van der Waals surface area (Å²) in [6, 6.07) is -1.23. The third-order valence-corrected chi connectivity index (χ3v) is 2.08. The van der Waals surface area contributed by atoms with Crippen LogP contribution in [0.1, 0.15) is 0 Å². The van der Waals surface area contributed by atoms with Crippen LogP contribution in [-0.2, 0) is 9.59 Å². The fourth-order valence-corrected chi connectivity index (χ4v) is 1.36. The Labute approximate surface area is 83.4 Å². The summed E-state index contributed by atoms with van der Waals surface area (Å²) in [4.78, 5) is 22.2. The third kappa shape index (κ3) is 2.58. The van der Waals surface area contributed by atoms with Gasteiger partial charge in [-0.05, 0) is 0 Å². The standard InChI is InChI=1S/C7H10F3N3O2/c8-7(9,10)6(15)13-2-1-12-3-4(13)5(11)14/h4,12H,1-3H2,(H2,11,14). The van der Waals surface area contributed by atoms with E-state index in [1.165, 1.54) is 0 Å². The van der Waals surface area contributed by atoms with E-state index in [4.69, 9.17) is 5.73 Å². The number of carbonyl (C=O) groups excluding carboxylic acids is 2. The monoisotopic (exact) mass is 225 g/mol. The molecule has 1 aliphatic rings. The molecule has 5 nitrogen and oxygen atoms in total. The average Bonchev–Trinajstić information content (AvgIpc) is 2.15. The molecule has 1 unspecified atom stereocenters. The number of nitrogens with zero attached hydrogens (tertiary/aromatic N) is 1. The van der Waals surface area contributed by atoms with E-state index in [1.807, 2.05) is 0 Å². The Bertz CT molecular complexity index is 279. The number of carbonyl (C=O) groups is 2. The van der Waals surface area contributed by atoms with E-state index in [9.17, 15) is 22.8 Å². The number of amides is 2. The van der Waals surface area contributed by atoms with Crippen LogP contribution in [0.2, 0.25) is 0 Å². The Kier molecular flexibility index (Phi) is 3.18. The van der Waals surface area contributed by atoms with Gasteiger partial charge in [-0.15, -0.1) is 0 Å². The number of hydrogen-bond donors (Lipinski definition) is 2. The number of rotatable bonds is 1. The summed E-state index contributed by atoms with van der Waals surface area (Å²) in [5.41, 5.74) is 4.90. The highest BCUT2D eigenvalue weighted by atomic mass is 19.4. The summed E-state index contributed by atoms with van der Waals surface area (Å²) >= 11 is 0. The molecule has 1 aliphatic heterocycles. The molecule has 0 aliphatic carbocycles. The van der Waals surface area contributed by atoms with Crippen LogP contribution < -0.4 is 11.1 Å². The van der Waals surface area contributed by atoms with Crippen LogP contribution in [-0.4, -0.2) is 48.6 Å². The second-order valence-corrected chi connectivity index (χ2v) is 3.12. The van der Waals surface area contributed by atoms with Gasteiger partial charge in [-0.3, -0.25) is 9.59 Å². The lowest BCUT2D eigenvalue weighted by molar-refractivity contribution is -0.189. The molecule has 86 valence electrons. The topological polar surface area (TPSA) is 75.4 Å². The third-order valence-electron chi connectivity index (χ3n) is 2.08. The smallest absolute Gasteiger partial charge is 0.368 e. The molecule has 2 amide bonds. The minimum absolute atomic E-state index is 0.0445. The van der Waals surface area contributed by atoms with Crippen LogP contribution in [0.15, 0.2) is 0 Å². The Balaban J connectivity index is 2.81. The SMILES string of the molecule is NC(=O)C1CNCCN1C(=O)C(F)(F)F. The predicted octanol–water partition coefficient (Wildman–Crippen LogP) is -1.17. The van der Waals surface area contributed by atoms with E-state index >= 15 is 0 Å². The number of piperazine rings is 1. The number of primary amides is 1. The molecule has 1 saturated heterocycles. The van der Waals surface area contributed by atoms with Crippen molar-refractivity contribution in [3.05, 3.63) is 0 Å². The van der Waals surface area contributed by atoms with Crippen molar-refractivity contribution in [3.8, 4) is 0 Å². The minimum Gasteiger partial charge on any atom is -0.368 e. The number of hydrogen-bond acceptors (Lipinski definition) is 3. The van der Waals surface area contributed by atoms with Crippen LogP contribution in [0.25, 0.3) is 0 Å². The van der Waals surface area contributed by atoms with E-state index in [2.05, 4.69) is 5.32 Å². The first kappa shape index (κ1) is 11.8. The molecule has 1 rings (SSSR count). The summed E-state index contributed by atoms with van der Waals surface area (Å²) in [5.74, 6) is -2.97. The van der Waals surface area contributed by atoms with Gasteiger partial charge in [0, 0.05) is 19.6 Å². The molecule has 0 aromatic rings. The van der Waals surface area contributed by atoms with Crippen LogP contribution in [0.3, 0.4) is 0 Å². The maximum Gasteiger partial charge on any atom is 0.471 e. The van der Waals surface area contributed by atoms with Gasteiger partial charge in [-0.25, -0.2) is 0 Å². The molecule has 1 atom stereocenters. The molecular weight excluding hydrogens is 215 g/mol. The van der Waals surface area contributed by atoms with Crippen molar-refractivity contribution in [2.45, 2.75) is 12.2 Å². The molecule has 15 heavy (non-hydrogen) atoms. The average molecular weight is 225 g/mol. The van der Waals surface area contributed by atoms with Gasteiger partial charge in [0.05, 0.1) is 0 Å². The highest BCUT2D eigenvalue weighted by Gasteiger charge is 2.46. The van der Waals surface area contributed by atoms with E-state index < -0.39 is 24.0 Å². The summed E-state index contributed by atoms with van der Waals surface area (Å²) in [7, 11) is 0. The van der Waals surface area contributed by atoms with Gasteiger partial charge in [0.25, 0.3) is 0 Å². The minimum atomic E-state index is -4.97. The molecule has 3 N–H and O–H groups in total. The molecule has 0 spiro atoms. The normalized spacial score (nSPS) is 22.6. The molecule has 8 heteroatoms. The Morgan fingerprint density at radius 3 is 2.47 bits per heavy atom. The van der Waals surface area contributed by atoms with Gasteiger partial charge in [0.2, 0.25) is 5.91 Å². The van der Waals surface area contributed by atoms with Gasteiger partial charge in [0.1, 0.15) is 6.04 Å². The molecule has 1 fully saturated rings. The molecule has 0 aromatic heterocycles. The van der Waals surface area contributed by atoms with Crippen molar-refractivity contribution in [1.29, 1.82) is 0 Å². The van der Waals surface area contributed by atoms with Gasteiger partial charge < -0.3 is 16.0 Å². The summed E-state index contributed by atoms with van der Waals surface area (Å²) in [5, 5.41) is 2.69. The van der Waals surface area contributed by atoms with Crippen LogP contribution in [0.5, 0.6) is 0 Å². The maximum absolute atomic E-state index is 12.1. The van der Waals surface area contributed by atoms with Crippen molar-refractivity contribution in [1.82, 2.24) is 10.2 Å². The van der Waals surface area contributed by atoms with Crippen molar-refractivity contribution >= 4 is 11.8 Å².